The molecule has 0 aliphatic carbocycles. The normalized spacial score (nSPS) is 23.2. The Balaban J connectivity index is 1.41. The zero-order chi connectivity index (χ0) is 19.0. The number of aromatic amines is 1. The Labute approximate surface area is 160 Å². The van der Waals surface area contributed by atoms with Crippen LogP contribution in [0.1, 0.15) is 61.5 Å². The number of imidazole rings is 1. The molecule has 2 saturated heterocycles. The van der Waals surface area contributed by atoms with Crippen molar-refractivity contribution in [3.63, 3.8) is 0 Å². The Morgan fingerprint density at radius 3 is 2.85 bits per heavy atom. The summed E-state index contributed by atoms with van der Waals surface area (Å²) in [6.45, 7) is 12.2. The highest BCUT2D eigenvalue weighted by Gasteiger charge is 2.44. The second-order valence-corrected chi connectivity index (χ2v) is 8.44. The minimum Gasteiger partial charge on any atom is -0.337 e. The first-order chi connectivity index (χ1) is 13.0. The van der Waals surface area contributed by atoms with Crippen molar-refractivity contribution in [3.8, 4) is 0 Å². The van der Waals surface area contributed by atoms with Crippen molar-refractivity contribution in [1.29, 1.82) is 0 Å². The molecule has 0 radical (unpaired) electrons. The molecule has 7 heteroatoms. The third-order valence-electron chi connectivity index (χ3n) is 6.14. The first-order valence-electron chi connectivity index (χ1n) is 10.1. The third-order valence-corrected chi connectivity index (χ3v) is 6.14. The lowest BCUT2D eigenvalue weighted by molar-refractivity contribution is 0.0767. The number of rotatable bonds is 5. The molecule has 146 valence electrons. The van der Waals surface area contributed by atoms with Crippen LogP contribution in [0.5, 0.6) is 0 Å². The Bertz CT molecular complexity index is 809. The smallest absolute Gasteiger partial charge is 0.274 e. The van der Waals surface area contributed by atoms with Crippen LogP contribution in [-0.4, -0.2) is 68.2 Å². The van der Waals surface area contributed by atoms with E-state index in [4.69, 9.17) is 0 Å². The average molecular weight is 371 g/mol. The summed E-state index contributed by atoms with van der Waals surface area (Å²) in [6.07, 6.45) is 6.11. The topological polar surface area (TPSA) is 70.1 Å². The van der Waals surface area contributed by atoms with Gasteiger partial charge in [0.15, 0.2) is 0 Å². The quantitative estimate of drug-likeness (QED) is 0.877. The fourth-order valence-corrected chi connectivity index (χ4v) is 4.59. The standard InChI is InChI=1S/C20H30N6O/c1-4-24-8-5-20(13-24)6-9-26(14-20)19(27)17-11-16(22-23-17)12-25-10-7-21-18(25)15(2)3/h7,10-11,15H,4-6,8-9,12-14H2,1-3H3,(H,22,23)/t20-/m1/s1. The van der Waals surface area contributed by atoms with Gasteiger partial charge in [0.25, 0.3) is 5.91 Å². The van der Waals surface area contributed by atoms with Crippen molar-refractivity contribution in [2.24, 2.45) is 5.41 Å². The van der Waals surface area contributed by atoms with Crippen LogP contribution in [0.2, 0.25) is 0 Å². The highest BCUT2D eigenvalue weighted by Crippen LogP contribution is 2.39. The summed E-state index contributed by atoms with van der Waals surface area (Å²) in [6, 6.07) is 1.89. The Hall–Kier alpha value is -2.15. The molecule has 4 heterocycles. The lowest BCUT2D eigenvalue weighted by atomic mass is 9.86. The minimum atomic E-state index is 0.0547. The number of carbonyl (C=O) groups is 1. The molecule has 1 atom stereocenters. The van der Waals surface area contributed by atoms with E-state index in [-0.39, 0.29) is 5.91 Å². The van der Waals surface area contributed by atoms with Crippen molar-refractivity contribution in [3.05, 3.63) is 35.7 Å². The molecule has 7 nitrogen and oxygen atoms in total. The number of nitrogens with zero attached hydrogens (tertiary/aromatic N) is 5. The van der Waals surface area contributed by atoms with Crippen LogP contribution in [0.15, 0.2) is 18.5 Å². The van der Waals surface area contributed by atoms with Crippen molar-refractivity contribution >= 4 is 5.91 Å². The molecule has 4 rings (SSSR count). The summed E-state index contributed by atoms with van der Waals surface area (Å²) in [5, 5.41) is 7.34. The number of H-pyrrole nitrogens is 1. The lowest BCUT2D eigenvalue weighted by Gasteiger charge is -2.24. The van der Waals surface area contributed by atoms with Gasteiger partial charge in [-0.3, -0.25) is 9.89 Å². The van der Waals surface area contributed by atoms with Gasteiger partial charge >= 0.3 is 0 Å². The van der Waals surface area contributed by atoms with E-state index in [2.05, 4.69) is 45.4 Å². The van der Waals surface area contributed by atoms with Gasteiger partial charge in [0.1, 0.15) is 11.5 Å². The molecule has 2 fully saturated rings. The third kappa shape index (κ3) is 3.52. The average Bonchev–Trinajstić information content (AvgIpc) is 3.43. The summed E-state index contributed by atoms with van der Waals surface area (Å²) in [5.74, 6) is 1.46. The molecule has 2 aliphatic heterocycles. The molecule has 0 bridgehead atoms. The predicted octanol–water partition coefficient (Wildman–Crippen LogP) is 2.34. The van der Waals surface area contributed by atoms with Gasteiger partial charge in [-0.25, -0.2) is 4.98 Å². The van der Waals surface area contributed by atoms with Crippen LogP contribution in [-0.2, 0) is 6.54 Å². The Morgan fingerprint density at radius 1 is 1.30 bits per heavy atom. The molecule has 2 aromatic rings. The fraction of sp³-hybridized carbons (Fsp3) is 0.650. The van der Waals surface area contributed by atoms with Gasteiger partial charge in [-0.15, -0.1) is 0 Å². The summed E-state index contributed by atoms with van der Waals surface area (Å²) >= 11 is 0. The fourth-order valence-electron chi connectivity index (χ4n) is 4.59. The largest absolute Gasteiger partial charge is 0.337 e. The number of aromatic nitrogens is 4. The van der Waals surface area contributed by atoms with Gasteiger partial charge in [-0.2, -0.15) is 5.10 Å². The van der Waals surface area contributed by atoms with Gasteiger partial charge in [0.05, 0.1) is 12.2 Å². The number of likely N-dealkylation sites (tertiary alicyclic amines) is 2. The first kappa shape index (κ1) is 18.2. The lowest BCUT2D eigenvalue weighted by Crippen LogP contribution is -2.34. The molecular formula is C20H30N6O. The van der Waals surface area contributed by atoms with E-state index in [0.717, 1.165) is 50.7 Å². The van der Waals surface area contributed by atoms with E-state index in [1.54, 1.807) is 0 Å². The summed E-state index contributed by atoms with van der Waals surface area (Å²) in [7, 11) is 0. The number of nitrogens with one attached hydrogen (secondary N) is 1. The minimum absolute atomic E-state index is 0.0547. The van der Waals surface area contributed by atoms with Crippen LogP contribution in [0.4, 0.5) is 0 Å². The second-order valence-electron chi connectivity index (χ2n) is 8.44. The number of carbonyl (C=O) groups excluding carboxylic acids is 1. The van der Waals surface area contributed by atoms with E-state index in [9.17, 15) is 4.79 Å². The number of hydrogen-bond acceptors (Lipinski definition) is 4. The molecule has 0 unspecified atom stereocenters. The van der Waals surface area contributed by atoms with Crippen LogP contribution in [0, 0.1) is 5.41 Å². The van der Waals surface area contributed by atoms with Crippen LogP contribution in [0.3, 0.4) is 0 Å². The highest BCUT2D eigenvalue weighted by molar-refractivity contribution is 5.92. The van der Waals surface area contributed by atoms with Crippen LogP contribution < -0.4 is 0 Å². The molecule has 2 aromatic heterocycles. The summed E-state index contributed by atoms with van der Waals surface area (Å²) in [5.41, 5.74) is 1.76. The van der Waals surface area contributed by atoms with Gasteiger partial charge in [0.2, 0.25) is 0 Å². The van der Waals surface area contributed by atoms with Gasteiger partial charge in [0, 0.05) is 43.4 Å². The monoisotopic (exact) mass is 370 g/mol. The maximum absolute atomic E-state index is 12.9. The first-order valence-corrected chi connectivity index (χ1v) is 10.1. The van der Waals surface area contributed by atoms with Crippen LogP contribution >= 0.6 is 0 Å². The van der Waals surface area contributed by atoms with Gasteiger partial charge in [-0.1, -0.05) is 20.8 Å². The molecule has 2 aliphatic rings. The molecule has 1 N–H and O–H groups in total. The second kappa shape index (κ2) is 7.11. The van der Waals surface area contributed by atoms with E-state index in [1.165, 1.54) is 6.42 Å². The SMILES string of the molecule is CCN1CC[C@@]2(CCN(C(=O)c3cc(Cn4ccnc4C(C)C)[nH]n3)C2)C1. The van der Waals surface area contributed by atoms with E-state index < -0.39 is 0 Å². The van der Waals surface area contributed by atoms with Crippen molar-refractivity contribution < 1.29 is 4.79 Å². The zero-order valence-electron chi connectivity index (χ0n) is 16.6. The Morgan fingerprint density at radius 2 is 2.11 bits per heavy atom. The maximum atomic E-state index is 12.9. The van der Waals surface area contributed by atoms with E-state index in [0.29, 0.717) is 23.6 Å². The van der Waals surface area contributed by atoms with Crippen molar-refractivity contribution in [1.82, 2.24) is 29.5 Å². The van der Waals surface area contributed by atoms with Gasteiger partial charge in [-0.05, 0) is 32.0 Å². The molecule has 27 heavy (non-hydrogen) atoms. The summed E-state index contributed by atoms with van der Waals surface area (Å²) in [4.78, 5) is 21.9. The summed E-state index contributed by atoms with van der Waals surface area (Å²) < 4.78 is 2.11. The Kier molecular flexibility index (Phi) is 4.80. The van der Waals surface area contributed by atoms with E-state index >= 15 is 0 Å². The van der Waals surface area contributed by atoms with Crippen molar-refractivity contribution in [2.75, 3.05) is 32.7 Å². The molecular weight excluding hydrogens is 340 g/mol. The van der Waals surface area contributed by atoms with Gasteiger partial charge < -0.3 is 14.4 Å². The molecule has 0 aromatic carbocycles. The predicted molar refractivity (Wildman–Crippen MR) is 104 cm³/mol. The van der Waals surface area contributed by atoms with Crippen molar-refractivity contribution in [2.45, 2.75) is 46.1 Å². The molecule has 1 amide bonds. The molecule has 1 spiro atoms. The zero-order valence-corrected chi connectivity index (χ0v) is 16.6. The number of amides is 1. The van der Waals surface area contributed by atoms with Crippen LogP contribution in [0.25, 0.3) is 0 Å². The van der Waals surface area contributed by atoms with E-state index in [1.807, 2.05) is 23.4 Å². The molecule has 0 saturated carbocycles. The maximum Gasteiger partial charge on any atom is 0.274 e. The highest BCUT2D eigenvalue weighted by atomic mass is 16.2. The number of hydrogen-bond donors (Lipinski definition) is 1.